The van der Waals surface area contributed by atoms with Crippen molar-refractivity contribution < 1.29 is 14.0 Å². The second-order valence-electron chi connectivity index (χ2n) is 6.26. The van der Waals surface area contributed by atoms with Gasteiger partial charge >= 0.3 is 0 Å². The first-order valence-corrected chi connectivity index (χ1v) is 8.50. The molecule has 0 bridgehead atoms. The predicted molar refractivity (Wildman–Crippen MR) is 94.1 cm³/mol. The van der Waals surface area contributed by atoms with Gasteiger partial charge in [0, 0.05) is 32.6 Å². The van der Waals surface area contributed by atoms with Crippen LogP contribution in [0.4, 0.5) is 0 Å². The number of hydrogen-bond donors (Lipinski definition) is 1. The molecule has 1 aliphatic rings. The molecule has 6 heteroatoms. The predicted octanol–water partition coefficient (Wildman–Crippen LogP) is 1.91. The zero-order valence-electron chi connectivity index (χ0n) is 14.4. The quantitative estimate of drug-likeness (QED) is 0.902. The van der Waals surface area contributed by atoms with E-state index in [0.29, 0.717) is 13.1 Å². The first kappa shape index (κ1) is 17.2. The van der Waals surface area contributed by atoms with Crippen LogP contribution in [0.15, 0.2) is 53.1 Å². The van der Waals surface area contributed by atoms with Crippen LogP contribution in [0.25, 0.3) is 0 Å². The molecule has 1 aromatic heterocycles. The topological polar surface area (TPSA) is 65.8 Å². The van der Waals surface area contributed by atoms with Crippen LogP contribution in [0.2, 0.25) is 0 Å². The van der Waals surface area contributed by atoms with Gasteiger partial charge in [-0.25, -0.2) is 0 Å². The van der Waals surface area contributed by atoms with Gasteiger partial charge in [-0.05, 0) is 24.7 Å². The van der Waals surface area contributed by atoms with E-state index in [0.717, 1.165) is 18.7 Å². The van der Waals surface area contributed by atoms with Crippen LogP contribution in [0, 0.1) is 0 Å². The Bertz CT molecular complexity index is 700. The van der Waals surface area contributed by atoms with Crippen LogP contribution in [0.3, 0.4) is 0 Å². The molecule has 0 spiro atoms. The zero-order valence-corrected chi connectivity index (χ0v) is 14.4. The lowest BCUT2D eigenvalue weighted by atomic mass is 10.0. The molecule has 2 amide bonds. The number of rotatable bonds is 5. The molecule has 3 rings (SSSR count). The maximum atomic E-state index is 12.7. The number of nitrogens with zero attached hydrogens (tertiary/aromatic N) is 2. The van der Waals surface area contributed by atoms with Gasteiger partial charge in [0.15, 0.2) is 5.76 Å². The van der Waals surface area contributed by atoms with Gasteiger partial charge in [0.2, 0.25) is 5.91 Å². The first-order valence-electron chi connectivity index (χ1n) is 8.50. The summed E-state index contributed by atoms with van der Waals surface area (Å²) in [4.78, 5) is 28.7. The highest BCUT2D eigenvalue weighted by Gasteiger charge is 2.29. The largest absolute Gasteiger partial charge is 0.459 e. The number of carbonyl (C=O) groups excluding carboxylic acids is 2. The normalized spacial score (nSPS) is 18.1. The summed E-state index contributed by atoms with van der Waals surface area (Å²) >= 11 is 0. The van der Waals surface area contributed by atoms with E-state index in [-0.39, 0.29) is 30.0 Å². The van der Waals surface area contributed by atoms with Crippen molar-refractivity contribution in [2.75, 3.05) is 33.2 Å². The van der Waals surface area contributed by atoms with Gasteiger partial charge in [0.05, 0.1) is 12.3 Å². The molecular weight excluding hydrogens is 318 g/mol. The molecule has 2 aromatic rings. The number of likely N-dealkylation sites (N-methyl/N-ethyl adjacent to an activating group) is 1. The fourth-order valence-corrected chi connectivity index (χ4v) is 3.10. The number of amides is 2. The molecule has 1 saturated heterocycles. The summed E-state index contributed by atoms with van der Waals surface area (Å²) in [5.41, 5.74) is 1.14. The molecule has 1 aromatic carbocycles. The molecule has 0 unspecified atom stereocenters. The minimum atomic E-state index is -0.296. The number of carbonyl (C=O) groups is 2. The Labute approximate surface area is 147 Å². The maximum Gasteiger partial charge on any atom is 0.286 e. The van der Waals surface area contributed by atoms with Gasteiger partial charge in [-0.1, -0.05) is 30.3 Å². The summed E-state index contributed by atoms with van der Waals surface area (Å²) in [6, 6.07) is 13.4. The Morgan fingerprint density at radius 3 is 2.68 bits per heavy atom. The van der Waals surface area contributed by atoms with E-state index >= 15 is 0 Å². The van der Waals surface area contributed by atoms with Crippen LogP contribution >= 0.6 is 0 Å². The average molecular weight is 341 g/mol. The molecule has 2 heterocycles. The zero-order chi connectivity index (χ0) is 17.6. The number of hydrogen-bond acceptors (Lipinski definition) is 4. The Hall–Kier alpha value is -2.60. The summed E-state index contributed by atoms with van der Waals surface area (Å²) in [5.74, 6) is 0.0201. The summed E-state index contributed by atoms with van der Waals surface area (Å²) in [5, 5.41) is 2.73. The van der Waals surface area contributed by atoms with Crippen molar-refractivity contribution in [3.8, 4) is 0 Å². The SMILES string of the molecule is CN1CCN(C(=O)CCNC(=O)c2ccco2)[C@@H](c2ccccc2)C1. The number of piperazine rings is 1. The first-order chi connectivity index (χ1) is 12.1. The minimum Gasteiger partial charge on any atom is -0.459 e. The van der Waals surface area contributed by atoms with E-state index in [1.165, 1.54) is 6.26 Å². The van der Waals surface area contributed by atoms with E-state index < -0.39 is 0 Å². The van der Waals surface area contributed by atoms with Crippen LogP contribution < -0.4 is 5.32 Å². The Kier molecular flexibility index (Phi) is 5.50. The highest BCUT2D eigenvalue weighted by atomic mass is 16.3. The van der Waals surface area contributed by atoms with Crippen LogP contribution in [0.1, 0.15) is 28.6 Å². The summed E-state index contributed by atoms with van der Waals surface area (Å²) < 4.78 is 5.04. The summed E-state index contributed by atoms with van der Waals surface area (Å²) in [6.45, 7) is 2.66. The molecule has 1 aliphatic heterocycles. The second kappa shape index (κ2) is 7.98. The van der Waals surface area contributed by atoms with Crippen molar-refractivity contribution in [1.29, 1.82) is 0 Å². The molecule has 1 atom stereocenters. The monoisotopic (exact) mass is 341 g/mol. The molecule has 1 N–H and O–H groups in total. The van der Waals surface area contributed by atoms with Crippen LogP contribution in [0.5, 0.6) is 0 Å². The molecule has 0 saturated carbocycles. The van der Waals surface area contributed by atoms with Gasteiger partial charge < -0.3 is 19.5 Å². The minimum absolute atomic E-state index is 0.0493. The van der Waals surface area contributed by atoms with Crippen LogP contribution in [-0.2, 0) is 4.79 Å². The highest BCUT2D eigenvalue weighted by molar-refractivity contribution is 5.91. The van der Waals surface area contributed by atoms with Crippen molar-refractivity contribution in [3.05, 3.63) is 60.1 Å². The number of nitrogens with one attached hydrogen (secondary N) is 1. The van der Waals surface area contributed by atoms with Gasteiger partial charge in [0.1, 0.15) is 0 Å². The van der Waals surface area contributed by atoms with Crippen molar-refractivity contribution >= 4 is 11.8 Å². The molecule has 1 fully saturated rings. The third kappa shape index (κ3) is 4.28. The van der Waals surface area contributed by atoms with E-state index in [1.807, 2.05) is 23.1 Å². The fourth-order valence-electron chi connectivity index (χ4n) is 3.10. The standard InChI is InChI=1S/C19H23N3O3/c1-21-11-12-22(16(14-21)15-6-3-2-4-7-15)18(23)9-10-20-19(24)17-8-5-13-25-17/h2-8,13,16H,9-12,14H2,1H3,(H,20,24)/t16-/m1/s1. The van der Waals surface area contributed by atoms with Crippen molar-refractivity contribution in [3.63, 3.8) is 0 Å². The van der Waals surface area contributed by atoms with E-state index in [9.17, 15) is 9.59 Å². The van der Waals surface area contributed by atoms with Crippen LogP contribution in [-0.4, -0.2) is 54.8 Å². The summed E-state index contributed by atoms with van der Waals surface area (Å²) in [7, 11) is 2.07. The molecule has 0 aliphatic carbocycles. The average Bonchev–Trinajstić information content (AvgIpc) is 3.17. The number of furan rings is 1. The Morgan fingerprint density at radius 1 is 1.16 bits per heavy atom. The second-order valence-corrected chi connectivity index (χ2v) is 6.26. The third-order valence-corrected chi connectivity index (χ3v) is 4.46. The Balaban J connectivity index is 1.58. The summed E-state index contributed by atoms with van der Waals surface area (Å²) in [6.07, 6.45) is 1.73. The maximum absolute atomic E-state index is 12.7. The van der Waals surface area contributed by atoms with Crippen molar-refractivity contribution in [2.24, 2.45) is 0 Å². The van der Waals surface area contributed by atoms with E-state index in [4.69, 9.17) is 4.42 Å². The van der Waals surface area contributed by atoms with Gasteiger partial charge in [-0.3, -0.25) is 9.59 Å². The highest BCUT2D eigenvalue weighted by Crippen LogP contribution is 2.25. The van der Waals surface area contributed by atoms with E-state index in [1.54, 1.807) is 12.1 Å². The van der Waals surface area contributed by atoms with Gasteiger partial charge in [-0.15, -0.1) is 0 Å². The molecule has 25 heavy (non-hydrogen) atoms. The van der Waals surface area contributed by atoms with Gasteiger partial charge in [0.25, 0.3) is 5.91 Å². The van der Waals surface area contributed by atoms with Gasteiger partial charge in [-0.2, -0.15) is 0 Å². The molecule has 6 nitrogen and oxygen atoms in total. The number of benzene rings is 1. The third-order valence-electron chi connectivity index (χ3n) is 4.46. The van der Waals surface area contributed by atoms with Crippen molar-refractivity contribution in [2.45, 2.75) is 12.5 Å². The van der Waals surface area contributed by atoms with E-state index in [2.05, 4.69) is 29.4 Å². The molecule has 132 valence electrons. The fraction of sp³-hybridized carbons (Fsp3) is 0.368. The Morgan fingerprint density at radius 2 is 1.96 bits per heavy atom. The lowest BCUT2D eigenvalue weighted by molar-refractivity contribution is -0.136. The van der Waals surface area contributed by atoms with Crippen molar-refractivity contribution in [1.82, 2.24) is 15.1 Å². The lowest BCUT2D eigenvalue weighted by Gasteiger charge is -2.40. The molecular formula is C19H23N3O3. The molecule has 0 radical (unpaired) electrons. The smallest absolute Gasteiger partial charge is 0.286 e. The lowest BCUT2D eigenvalue weighted by Crippen LogP contribution is -2.49.